The molecule has 0 aromatic rings. The van der Waals surface area contributed by atoms with E-state index in [4.69, 9.17) is 0 Å². The van der Waals surface area contributed by atoms with Gasteiger partial charge >= 0.3 is 0 Å². The summed E-state index contributed by atoms with van der Waals surface area (Å²) in [5.41, 5.74) is -0.0976. The maximum absolute atomic E-state index is 12.1. The third-order valence-corrected chi connectivity index (χ3v) is 4.07. The molecule has 19 heavy (non-hydrogen) atoms. The van der Waals surface area contributed by atoms with Gasteiger partial charge in [0.25, 0.3) is 0 Å². The van der Waals surface area contributed by atoms with Crippen LogP contribution in [0.1, 0.15) is 53.4 Å². The molecule has 4 heteroatoms. The first-order chi connectivity index (χ1) is 8.96. The highest BCUT2D eigenvalue weighted by Crippen LogP contribution is 2.09. The van der Waals surface area contributed by atoms with Gasteiger partial charge < -0.3 is 10.6 Å². The summed E-state index contributed by atoms with van der Waals surface area (Å²) < 4.78 is 0. The molecule has 2 N–H and O–H groups in total. The molecular formula is C15H31N3O. The van der Waals surface area contributed by atoms with Crippen LogP contribution in [0, 0.1) is 0 Å². The van der Waals surface area contributed by atoms with Crippen LogP contribution < -0.4 is 10.6 Å². The van der Waals surface area contributed by atoms with Crippen LogP contribution in [0.25, 0.3) is 0 Å². The molecule has 0 aromatic carbocycles. The van der Waals surface area contributed by atoms with Gasteiger partial charge in [-0.1, -0.05) is 20.3 Å². The average molecular weight is 269 g/mol. The summed E-state index contributed by atoms with van der Waals surface area (Å²) >= 11 is 0. The molecule has 112 valence electrons. The zero-order chi connectivity index (χ0) is 14.3. The second kappa shape index (κ2) is 7.85. The molecule has 0 bridgehead atoms. The van der Waals surface area contributed by atoms with E-state index >= 15 is 0 Å². The van der Waals surface area contributed by atoms with Gasteiger partial charge in [0.05, 0.1) is 6.54 Å². The van der Waals surface area contributed by atoms with Crippen LogP contribution >= 0.6 is 0 Å². The van der Waals surface area contributed by atoms with E-state index < -0.39 is 0 Å². The molecule has 0 spiro atoms. The van der Waals surface area contributed by atoms with Crippen LogP contribution in [0.15, 0.2) is 0 Å². The van der Waals surface area contributed by atoms with Crippen molar-refractivity contribution < 1.29 is 4.79 Å². The number of rotatable bonds is 7. The van der Waals surface area contributed by atoms with Crippen molar-refractivity contribution in [3.05, 3.63) is 0 Å². The number of nitrogens with zero attached hydrogens (tertiary/aromatic N) is 1. The standard InChI is InChI=1S/C15H31N3O/c1-5-15(3,4)17-14(19)12-18(6-2)11-13-9-7-8-10-16-13/h13,16H,5-12H2,1-4H3,(H,17,19). The van der Waals surface area contributed by atoms with Gasteiger partial charge in [0.1, 0.15) is 0 Å². The van der Waals surface area contributed by atoms with Gasteiger partial charge in [0.15, 0.2) is 0 Å². The molecule has 1 heterocycles. The summed E-state index contributed by atoms with van der Waals surface area (Å²) in [4.78, 5) is 14.3. The molecule has 4 nitrogen and oxygen atoms in total. The number of hydrogen-bond donors (Lipinski definition) is 2. The van der Waals surface area contributed by atoms with Crippen molar-refractivity contribution >= 4 is 5.91 Å². The minimum atomic E-state index is -0.0976. The lowest BCUT2D eigenvalue weighted by atomic mass is 10.0. The first kappa shape index (κ1) is 16.4. The highest BCUT2D eigenvalue weighted by Gasteiger charge is 2.21. The smallest absolute Gasteiger partial charge is 0.234 e. The van der Waals surface area contributed by atoms with Gasteiger partial charge in [-0.05, 0) is 46.2 Å². The Morgan fingerprint density at radius 3 is 2.63 bits per heavy atom. The lowest BCUT2D eigenvalue weighted by Crippen LogP contribution is -2.50. The molecule has 1 saturated heterocycles. The minimum absolute atomic E-state index is 0.0976. The normalized spacial score (nSPS) is 20.6. The molecule has 0 aliphatic carbocycles. The van der Waals surface area contributed by atoms with Gasteiger partial charge in [-0.3, -0.25) is 9.69 Å². The van der Waals surface area contributed by atoms with E-state index in [1.807, 2.05) is 0 Å². The maximum Gasteiger partial charge on any atom is 0.234 e. The van der Waals surface area contributed by atoms with Crippen LogP contribution in [-0.2, 0) is 4.79 Å². The lowest BCUT2D eigenvalue weighted by molar-refractivity contribution is -0.123. The largest absolute Gasteiger partial charge is 0.350 e. The Bertz CT molecular complexity index is 273. The lowest BCUT2D eigenvalue weighted by Gasteiger charge is -2.31. The zero-order valence-electron chi connectivity index (χ0n) is 13.1. The topological polar surface area (TPSA) is 44.4 Å². The maximum atomic E-state index is 12.1. The monoisotopic (exact) mass is 269 g/mol. The Balaban J connectivity index is 2.36. The number of carbonyl (C=O) groups is 1. The SMILES string of the molecule is CCN(CC(=O)NC(C)(C)CC)CC1CCCCN1. The fraction of sp³-hybridized carbons (Fsp3) is 0.933. The van der Waals surface area contributed by atoms with Gasteiger partial charge in [0, 0.05) is 18.1 Å². The summed E-state index contributed by atoms with van der Waals surface area (Å²) in [6.45, 7) is 11.9. The first-order valence-electron chi connectivity index (χ1n) is 7.73. The Kier molecular flexibility index (Phi) is 6.80. The van der Waals surface area contributed by atoms with Crippen LogP contribution in [0.2, 0.25) is 0 Å². The predicted octanol–water partition coefficient (Wildman–Crippen LogP) is 1.76. The molecule has 1 aliphatic heterocycles. The molecule has 0 radical (unpaired) electrons. The zero-order valence-corrected chi connectivity index (χ0v) is 13.1. The van der Waals surface area contributed by atoms with E-state index in [-0.39, 0.29) is 11.4 Å². The number of carbonyl (C=O) groups excluding carboxylic acids is 1. The van der Waals surface area contributed by atoms with Crippen LogP contribution in [-0.4, -0.2) is 48.6 Å². The van der Waals surface area contributed by atoms with Gasteiger partial charge in [0.2, 0.25) is 5.91 Å². The van der Waals surface area contributed by atoms with Crippen LogP contribution in [0.5, 0.6) is 0 Å². The second-order valence-electron chi connectivity index (χ2n) is 6.26. The quantitative estimate of drug-likeness (QED) is 0.740. The van der Waals surface area contributed by atoms with Crippen LogP contribution in [0.4, 0.5) is 0 Å². The Morgan fingerprint density at radius 1 is 1.37 bits per heavy atom. The Hall–Kier alpha value is -0.610. The third kappa shape index (κ3) is 6.39. The van der Waals surface area contributed by atoms with Gasteiger partial charge in [-0.2, -0.15) is 0 Å². The molecule has 1 aliphatic rings. The number of amides is 1. The fourth-order valence-electron chi connectivity index (χ4n) is 2.41. The van der Waals surface area contributed by atoms with Gasteiger partial charge in [-0.15, -0.1) is 0 Å². The van der Waals surface area contributed by atoms with Crippen molar-refractivity contribution in [2.24, 2.45) is 0 Å². The van der Waals surface area contributed by atoms with Crippen molar-refractivity contribution in [2.45, 2.75) is 65.0 Å². The number of likely N-dealkylation sites (N-methyl/N-ethyl adjacent to an activating group) is 1. The molecular weight excluding hydrogens is 238 g/mol. The van der Waals surface area contributed by atoms with E-state index in [1.54, 1.807) is 0 Å². The first-order valence-corrected chi connectivity index (χ1v) is 7.73. The molecule has 1 amide bonds. The van der Waals surface area contributed by atoms with Crippen molar-refractivity contribution in [1.29, 1.82) is 0 Å². The Labute approximate surface area is 118 Å². The molecule has 0 saturated carbocycles. The number of nitrogens with one attached hydrogen (secondary N) is 2. The highest BCUT2D eigenvalue weighted by molar-refractivity contribution is 5.78. The van der Waals surface area contributed by atoms with E-state index in [0.717, 1.165) is 26.1 Å². The van der Waals surface area contributed by atoms with Crippen LogP contribution in [0.3, 0.4) is 0 Å². The number of hydrogen-bond acceptors (Lipinski definition) is 3. The van der Waals surface area contributed by atoms with Crippen molar-refractivity contribution in [3.63, 3.8) is 0 Å². The summed E-state index contributed by atoms with van der Waals surface area (Å²) in [5, 5.41) is 6.65. The van der Waals surface area contributed by atoms with E-state index in [9.17, 15) is 4.79 Å². The predicted molar refractivity (Wildman–Crippen MR) is 80.3 cm³/mol. The molecule has 1 atom stereocenters. The van der Waals surface area contributed by atoms with Gasteiger partial charge in [-0.25, -0.2) is 0 Å². The van der Waals surface area contributed by atoms with E-state index in [1.165, 1.54) is 19.3 Å². The average Bonchev–Trinajstić information content (AvgIpc) is 2.38. The summed E-state index contributed by atoms with van der Waals surface area (Å²) in [7, 11) is 0. The summed E-state index contributed by atoms with van der Waals surface area (Å²) in [5.74, 6) is 0.143. The minimum Gasteiger partial charge on any atom is -0.350 e. The van der Waals surface area contributed by atoms with Crippen molar-refractivity contribution in [3.8, 4) is 0 Å². The molecule has 1 fully saturated rings. The highest BCUT2D eigenvalue weighted by atomic mass is 16.2. The van der Waals surface area contributed by atoms with Crippen molar-refractivity contribution in [2.75, 3.05) is 26.2 Å². The molecule has 1 rings (SSSR count). The second-order valence-corrected chi connectivity index (χ2v) is 6.26. The summed E-state index contributed by atoms with van der Waals surface area (Å²) in [6, 6.07) is 0.556. The number of piperidine rings is 1. The molecule has 1 unspecified atom stereocenters. The summed E-state index contributed by atoms with van der Waals surface area (Å²) in [6.07, 6.45) is 4.78. The Morgan fingerprint density at radius 2 is 2.11 bits per heavy atom. The van der Waals surface area contributed by atoms with E-state index in [0.29, 0.717) is 12.6 Å². The van der Waals surface area contributed by atoms with Crippen molar-refractivity contribution in [1.82, 2.24) is 15.5 Å². The molecule has 0 aromatic heterocycles. The fourth-order valence-corrected chi connectivity index (χ4v) is 2.41. The van der Waals surface area contributed by atoms with E-state index in [2.05, 4.69) is 43.2 Å². The third-order valence-electron chi connectivity index (χ3n) is 4.07.